The largest absolute Gasteiger partial charge is 0.496 e. The normalized spacial score (nSPS) is 10.6. The van der Waals surface area contributed by atoms with Gasteiger partial charge in [0.2, 0.25) is 5.91 Å². The summed E-state index contributed by atoms with van der Waals surface area (Å²) in [5.74, 6) is 0.393. The fourth-order valence-electron chi connectivity index (χ4n) is 2.58. The maximum atomic E-state index is 12.6. The van der Waals surface area contributed by atoms with Crippen molar-refractivity contribution in [3.63, 3.8) is 0 Å². The number of carbonyl (C=O) groups excluding carboxylic acids is 1. The molecule has 0 saturated carbocycles. The zero-order chi connectivity index (χ0) is 17.1. The van der Waals surface area contributed by atoms with Gasteiger partial charge in [-0.2, -0.15) is 0 Å². The molecule has 0 atom stereocenters. The summed E-state index contributed by atoms with van der Waals surface area (Å²) in [7, 11) is 1.56. The maximum absolute atomic E-state index is 12.6. The Morgan fingerprint density at radius 1 is 1.08 bits per heavy atom. The SMILES string of the molecule is COc1cccc2c(=O)n(CC(=O)Nc3ccc(C)cc3)ccc12. The first-order valence-electron chi connectivity index (χ1n) is 7.61. The number of nitrogens with one attached hydrogen (secondary N) is 1. The summed E-state index contributed by atoms with van der Waals surface area (Å²) in [6.07, 6.45) is 1.61. The summed E-state index contributed by atoms with van der Waals surface area (Å²) < 4.78 is 6.66. The number of hydrogen-bond donors (Lipinski definition) is 1. The lowest BCUT2D eigenvalue weighted by molar-refractivity contribution is -0.116. The second-order valence-electron chi connectivity index (χ2n) is 5.58. The zero-order valence-electron chi connectivity index (χ0n) is 13.6. The number of pyridine rings is 1. The van der Waals surface area contributed by atoms with E-state index >= 15 is 0 Å². The lowest BCUT2D eigenvalue weighted by Gasteiger charge is -2.10. The average molecular weight is 322 g/mol. The molecule has 5 nitrogen and oxygen atoms in total. The second kappa shape index (κ2) is 6.58. The predicted octanol–water partition coefficient (Wildman–Crippen LogP) is 2.96. The number of rotatable bonds is 4. The van der Waals surface area contributed by atoms with Gasteiger partial charge in [-0.05, 0) is 37.3 Å². The van der Waals surface area contributed by atoms with Crippen LogP contribution >= 0.6 is 0 Å². The Morgan fingerprint density at radius 2 is 1.83 bits per heavy atom. The molecule has 0 aliphatic heterocycles. The van der Waals surface area contributed by atoms with E-state index in [1.165, 1.54) is 4.57 Å². The van der Waals surface area contributed by atoms with Gasteiger partial charge >= 0.3 is 0 Å². The summed E-state index contributed by atoms with van der Waals surface area (Å²) in [4.78, 5) is 24.7. The van der Waals surface area contributed by atoms with E-state index < -0.39 is 0 Å². The quantitative estimate of drug-likeness (QED) is 0.803. The molecule has 1 amide bonds. The van der Waals surface area contributed by atoms with Crippen LogP contribution in [-0.2, 0) is 11.3 Å². The molecule has 0 fully saturated rings. The maximum Gasteiger partial charge on any atom is 0.259 e. The van der Waals surface area contributed by atoms with Crippen molar-refractivity contribution in [2.45, 2.75) is 13.5 Å². The van der Waals surface area contributed by atoms with Gasteiger partial charge in [-0.15, -0.1) is 0 Å². The van der Waals surface area contributed by atoms with Crippen LogP contribution in [0.15, 0.2) is 59.5 Å². The van der Waals surface area contributed by atoms with Gasteiger partial charge in [-0.1, -0.05) is 23.8 Å². The van der Waals surface area contributed by atoms with Crippen molar-refractivity contribution in [3.05, 3.63) is 70.6 Å². The molecule has 0 saturated heterocycles. The van der Waals surface area contributed by atoms with Crippen molar-refractivity contribution in [3.8, 4) is 5.75 Å². The minimum Gasteiger partial charge on any atom is -0.496 e. The Labute approximate surface area is 139 Å². The molecule has 0 aliphatic rings. The molecule has 3 aromatic rings. The monoisotopic (exact) mass is 322 g/mol. The van der Waals surface area contributed by atoms with Gasteiger partial charge in [-0.25, -0.2) is 0 Å². The summed E-state index contributed by atoms with van der Waals surface area (Å²) in [6.45, 7) is 1.94. The number of carbonyl (C=O) groups is 1. The minimum atomic E-state index is -0.247. The molecule has 3 rings (SSSR count). The molecule has 2 aromatic carbocycles. The number of nitrogens with zero attached hydrogens (tertiary/aromatic N) is 1. The van der Waals surface area contributed by atoms with Gasteiger partial charge in [0.25, 0.3) is 5.56 Å². The average Bonchev–Trinajstić information content (AvgIpc) is 2.59. The van der Waals surface area contributed by atoms with E-state index in [9.17, 15) is 9.59 Å². The number of amides is 1. The van der Waals surface area contributed by atoms with Crippen molar-refractivity contribution in [1.82, 2.24) is 4.57 Å². The Hall–Kier alpha value is -3.08. The van der Waals surface area contributed by atoms with Crippen molar-refractivity contribution < 1.29 is 9.53 Å². The first-order chi connectivity index (χ1) is 11.6. The van der Waals surface area contributed by atoms with Crippen molar-refractivity contribution in [2.75, 3.05) is 12.4 Å². The Morgan fingerprint density at radius 3 is 2.54 bits per heavy atom. The van der Waals surface area contributed by atoms with Crippen LogP contribution < -0.4 is 15.6 Å². The molecule has 0 spiro atoms. The van der Waals surface area contributed by atoms with Crippen LogP contribution in [0.3, 0.4) is 0 Å². The predicted molar refractivity (Wildman–Crippen MR) is 94.6 cm³/mol. The Bertz CT molecular complexity index is 943. The minimum absolute atomic E-state index is 0.0418. The number of aromatic nitrogens is 1. The first kappa shape index (κ1) is 15.8. The number of aryl methyl sites for hydroxylation is 1. The summed E-state index contributed by atoms with van der Waals surface area (Å²) >= 11 is 0. The van der Waals surface area contributed by atoms with Crippen molar-refractivity contribution >= 4 is 22.4 Å². The molecule has 1 aromatic heterocycles. The summed E-state index contributed by atoms with van der Waals surface area (Å²) in [5.41, 5.74) is 1.61. The molecule has 1 N–H and O–H groups in total. The third-order valence-corrected chi connectivity index (χ3v) is 3.85. The molecule has 0 aliphatic carbocycles. The molecular formula is C19H18N2O3. The highest BCUT2D eigenvalue weighted by Gasteiger charge is 2.09. The smallest absolute Gasteiger partial charge is 0.259 e. The molecule has 5 heteroatoms. The third kappa shape index (κ3) is 3.15. The van der Waals surface area contributed by atoms with Gasteiger partial charge in [-0.3, -0.25) is 9.59 Å². The van der Waals surface area contributed by atoms with Gasteiger partial charge in [0.05, 0.1) is 12.5 Å². The number of hydrogen-bond acceptors (Lipinski definition) is 3. The Kier molecular flexibility index (Phi) is 4.33. The summed E-state index contributed by atoms with van der Waals surface area (Å²) in [6, 6.07) is 14.6. The molecular weight excluding hydrogens is 304 g/mol. The fourth-order valence-corrected chi connectivity index (χ4v) is 2.58. The number of ether oxygens (including phenoxy) is 1. The van der Waals surface area contributed by atoms with E-state index in [1.807, 2.05) is 31.2 Å². The van der Waals surface area contributed by atoms with Gasteiger partial charge in [0.1, 0.15) is 12.3 Å². The second-order valence-corrected chi connectivity index (χ2v) is 5.58. The van der Waals surface area contributed by atoms with Crippen LogP contribution in [0.25, 0.3) is 10.8 Å². The third-order valence-electron chi connectivity index (χ3n) is 3.85. The van der Waals surface area contributed by atoms with E-state index in [1.54, 1.807) is 37.6 Å². The molecule has 0 bridgehead atoms. The molecule has 0 unspecified atom stereocenters. The summed E-state index contributed by atoms with van der Waals surface area (Å²) in [5, 5.41) is 4.06. The van der Waals surface area contributed by atoms with E-state index in [-0.39, 0.29) is 18.0 Å². The van der Waals surface area contributed by atoms with Crippen LogP contribution in [0.5, 0.6) is 5.75 Å². The molecule has 0 radical (unpaired) electrons. The Balaban J connectivity index is 1.85. The molecule has 24 heavy (non-hydrogen) atoms. The van der Waals surface area contributed by atoms with Gasteiger partial charge in [0, 0.05) is 17.3 Å². The van der Waals surface area contributed by atoms with E-state index in [4.69, 9.17) is 4.74 Å². The number of fused-ring (bicyclic) bond motifs is 1. The van der Waals surface area contributed by atoms with Crippen LogP contribution in [0, 0.1) is 6.92 Å². The van der Waals surface area contributed by atoms with Gasteiger partial charge in [0.15, 0.2) is 0 Å². The highest BCUT2D eigenvalue weighted by Crippen LogP contribution is 2.22. The van der Waals surface area contributed by atoms with E-state index in [2.05, 4.69) is 5.32 Å². The topological polar surface area (TPSA) is 60.3 Å². The number of methoxy groups -OCH3 is 1. The number of anilines is 1. The molecule has 122 valence electrons. The van der Waals surface area contributed by atoms with Crippen molar-refractivity contribution in [1.29, 1.82) is 0 Å². The first-order valence-corrected chi connectivity index (χ1v) is 7.61. The van der Waals surface area contributed by atoms with Crippen molar-refractivity contribution in [2.24, 2.45) is 0 Å². The van der Waals surface area contributed by atoms with E-state index in [0.717, 1.165) is 10.9 Å². The van der Waals surface area contributed by atoms with Crippen LogP contribution in [-0.4, -0.2) is 17.6 Å². The highest BCUT2D eigenvalue weighted by atomic mass is 16.5. The fraction of sp³-hybridized carbons (Fsp3) is 0.158. The van der Waals surface area contributed by atoms with E-state index in [0.29, 0.717) is 16.8 Å². The highest BCUT2D eigenvalue weighted by molar-refractivity contribution is 5.91. The van der Waals surface area contributed by atoms with Crippen LogP contribution in [0.1, 0.15) is 5.56 Å². The zero-order valence-corrected chi connectivity index (χ0v) is 13.6. The number of benzene rings is 2. The lowest BCUT2D eigenvalue weighted by Crippen LogP contribution is -2.27. The van der Waals surface area contributed by atoms with Crippen LogP contribution in [0.2, 0.25) is 0 Å². The lowest BCUT2D eigenvalue weighted by atomic mass is 10.1. The van der Waals surface area contributed by atoms with Gasteiger partial charge < -0.3 is 14.6 Å². The standard InChI is InChI=1S/C19H18N2O3/c1-13-6-8-14(9-7-13)20-18(22)12-21-11-10-15-16(19(21)23)4-3-5-17(15)24-2/h3-11H,12H2,1-2H3,(H,20,22). The molecule has 1 heterocycles. The van der Waals surface area contributed by atoms with Crippen LogP contribution in [0.4, 0.5) is 5.69 Å².